The largest absolute Gasteiger partial charge is 0.353 e. The van der Waals surface area contributed by atoms with Gasteiger partial charge in [0.05, 0.1) is 11.3 Å². The Balaban J connectivity index is 1.67. The number of thioether (sulfide) groups is 1. The molecular weight excluding hydrogens is 384 g/mol. The number of fused-ring (bicyclic) bond motifs is 1. The average Bonchev–Trinajstić information content (AvgIpc) is 3.05. The van der Waals surface area contributed by atoms with Crippen molar-refractivity contribution in [2.75, 3.05) is 5.75 Å². The first-order valence-corrected chi connectivity index (χ1v) is 10.8. The lowest BCUT2D eigenvalue weighted by Gasteiger charge is -2.15. The zero-order valence-corrected chi connectivity index (χ0v) is 18.4. The van der Waals surface area contributed by atoms with E-state index in [2.05, 4.69) is 41.3 Å². The minimum Gasteiger partial charge on any atom is -0.353 e. The summed E-state index contributed by atoms with van der Waals surface area (Å²) in [4.78, 5) is 32.8. The summed E-state index contributed by atoms with van der Waals surface area (Å²) in [6.45, 7) is 10.6. The number of nitrogens with one attached hydrogen (secondary N) is 2. The second-order valence-corrected chi connectivity index (χ2v) is 8.78. The summed E-state index contributed by atoms with van der Waals surface area (Å²) < 4.78 is 1.64. The molecule has 7 heteroatoms. The fourth-order valence-corrected chi connectivity index (χ4v) is 4.11. The molecule has 29 heavy (non-hydrogen) atoms. The molecule has 3 rings (SSSR count). The molecule has 6 nitrogen and oxygen atoms in total. The van der Waals surface area contributed by atoms with Crippen LogP contribution in [0.3, 0.4) is 0 Å². The first-order valence-electron chi connectivity index (χ1n) is 9.86. The van der Waals surface area contributed by atoms with Crippen LogP contribution in [0.1, 0.15) is 56.5 Å². The number of nitrogens with zero attached hydrogens (tertiary/aromatic N) is 2. The van der Waals surface area contributed by atoms with Crippen LogP contribution in [-0.4, -0.2) is 26.2 Å². The normalized spacial score (nSPS) is 11.6. The second kappa shape index (κ2) is 8.86. The third-order valence-electron chi connectivity index (χ3n) is 4.77. The molecule has 2 heterocycles. The summed E-state index contributed by atoms with van der Waals surface area (Å²) in [5.74, 6) is 0.609. The molecule has 2 N–H and O–H groups in total. The number of hydrogen-bond donors (Lipinski definition) is 2. The van der Waals surface area contributed by atoms with E-state index < -0.39 is 0 Å². The highest BCUT2D eigenvalue weighted by molar-refractivity contribution is 7.99. The van der Waals surface area contributed by atoms with E-state index in [1.807, 2.05) is 39.0 Å². The Hall–Kier alpha value is -2.54. The Kier molecular flexibility index (Phi) is 6.47. The minimum atomic E-state index is -0.105. The number of aromatic amines is 1. The summed E-state index contributed by atoms with van der Waals surface area (Å²) in [6.07, 6.45) is 0. The Labute approximate surface area is 175 Å². The molecule has 0 spiro atoms. The van der Waals surface area contributed by atoms with Gasteiger partial charge in [-0.3, -0.25) is 14.2 Å². The Morgan fingerprint density at radius 1 is 1.21 bits per heavy atom. The summed E-state index contributed by atoms with van der Waals surface area (Å²) in [5, 5.41) is 3.50. The monoisotopic (exact) mass is 412 g/mol. The summed E-state index contributed by atoms with van der Waals surface area (Å²) >= 11 is 1.29. The molecule has 0 atom stereocenters. The van der Waals surface area contributed by atoms with Crippen molar-refractivity contribution in [3.05, 3.63) is 57.5 Å². The first-order chi connectivity index (χ1) is 13.8. The lowest BCUT2D eigenvalue weighted by Crippen LogP contribution is -2.27. The van der Waals surface area contributed by atoms with E-state index in [1.165, 1.54) is 17.3 Å². The van der Waals surface area contributed by atoms with Crippen molar-refractivity contribution < 1.29 is 4.79 Å². The van der Waals surface area contributed by atoms with Crippen LogP contribution >= 0.6 is 11.8 Å². The Morgan fingerprint density at radius 3 is 2.52 bits per heavy atom. The van der Waals surface area contributed by atoms with Crippen molar-refractivity contribution in [1.29, 1.82) is 0 Å². The number of carbonyl (C=O) groups is 1. The predicted octanol–water partition coefficient (Wildman–Crippen LogP) is 4.15. The summed E-state index contributed by atoms with van der Waals surface area (Å²) in [7, 11) is 0. The molecule has 0 unspecified atom stereocenters. The molecule has 0 bridgehead atoms. The molecule has 0 saturated heterocycles. The van der Waals surface area contributed by atoms with Gasteiger partial charge < -0.3 is 10.3 Å². The first kappa shape index (κ1) is 21.2. The van der Waals surface area contributed by atoms with Crippen LogP contribution in [0, 0.1) is 6.92 Å². The molecular formula is C22H28N4O2S. The maximum absolute atomic E-state index is 12.8. The van der Waals surface area contributed by atoms with Gasteiger partial charge in [0, 0.05) is 18.3 Å². The molecule has 0 aliphatic rings. The number of aryl methyl sites for hydroxylation is 1. The van der Waals surface area contributed by atoms with E-state index in [9.17, 15) is 9.59 Å². The number of H-pyrrole nitrogens is 1. The molecule has 1 aromatic carbocycles. The quantitative estimate of drug-likeness (QED) is 0.451. The van der Waals surface area contributed by atoms with Gasteiger partial charge in [-0.05, 0) is 43.9 Å². The fraction of sp³-hybridized carbons (Fsp3) is 0.409. The maximum atomic E-state index is 12.8. The van der Waals surface area contributed by atoms with Crippen molar-refractivity contribution in [1.82, 2.24) is 19.9 Å². The molecule has 0 fully saturated rings. The highest BCUT2D eigenvalue weighted by Crippen LogP contribution is 2.21. The minimum absolute atomic E-state index is 0.0481. The van der Waals surface area contributed by atoms with Gasteiger partial charge in [0.1, 0.15) is 5.52 Å². The van der Waals surface area contributed by atoms with E-state index >= 15 is 0 Å². The standard InChI is InChI=1S/C22H28N4O2S/c1-13(2)17-8-6-16(7-9-17)11-23-19(27)12-29-22-25-18-10-15(5)24-20(18)21(28)26(22)14(3)4/h6-10,13-14,24H,11-12H2,1-5H3,(H,23,27). The van der Waals surface area contributed by atoms with Gasteiger partial charge in [0.2, 0.25) is 5.91 Å². The van der Waals surface area contributed by atoms with Crippen LogP contribution in [-0.2, 0) is 11.3 Å². The molecule has 0 aliphatic carbocycles. The van der Waals surface area contributed by atoms with Gasteiger partial charge in [-0.25, -0.2) is 4.98 Å². The number of carbonyl (C=O) groups excluding carboxylic acids is 1. The number of amides is 1. The number of hydrogen-bond acceptors (Lipinski definition) is 4. The van der Waals surface area contributed by atoms with E-state index in [1.54, 1.807) is 4.57 Å². The van der Waals surface area contributed by atoms with Gasteiger partial charge in [0.25, 0.3) is 5.56 Å². The zero-order chi connectivity index (χ0) is 21.1. The van der Waals surface area contributed by atoms with Crippen molar-refractivity contribution in [3.63, 3.8) is 0 Å². The highest BCUT2D eigenvalue weighted by Gasteiger charge is 2.16. The van der Waals surface area contributed by atoms with Crippen LogP contribution in [0.15, 0.2) is 40.3 Å². The molecule has 3 aromatic rings. The summed E-state index contributed by atoms with van der Waals surface area (Å²) in [6, 6.07) is 10.1. The second-order valence-electron chi connectivity index (χ2n) is 7.84. The van der Waals surface area contributed by atoms with Crippen molar-refractivity contribution in [3.8, 4) is 0 Å². The topological polar surface area (TPSA) is 79.8 Å². The van der Waals surface area contributed by atoms with Crippen LogP contribution in [0.25, 0.3) is 11.0 Å². The van der Waals surface area contributed by atoms with Crippen molar-refractivity contribution in [2.45, 2.75) is 58.3 Å². The molecule has 0 radical (unpaired) electrons. The van der Waals surface area contributed by atoms with E-state index in [0.717, 1.165) is 11.3 Å². The number of aromatic nitrogens is 3. The average molecular weight is 413 g/mol. The third-order valence-corrected chi connectivity index (χ3v) is 5.72. The van der Waals surface area contributed by atoms with Crippen molar-refractivity contribution in [2.24, 2.45) is 0 Å². The van der Waals surface area contributed by atoms with Gasteiger partial charge in [0.15, 0.2) is 5.16 Å². The lowest BCUT2D eigenvalue weighted by molar-refractivity contribution is -0.118. The van der Waals surface area contributed by atoms with Gasteiger partial charge in [-0.15, -0.1) is 0 Å². The molecule has 154 valence electrons. The number of rotatable bonds is 7. The van der Waals surface area contributed by atoms with Crippen LogP contribution < -0.4 is 10.9 Å². The SMILES string of the molecule is Cc1cc2nc(SCC(=O)NCc3ccc(C(C)C)cc3)n(C(C)C)c(=O)c2[nH]1. The summed E-state index contributed by atoms with van der Waals surface area (Å²) in [5.41, 5.74) is 4.28. The molecule has 1 amide bonds. The van der Waals surface area contributed by atoms with Crippen LogP contribution in [0.5, 0.6) is 0 Å². The van der Waals surface area contributed by atoms with E-state index in [-0.39, 0.29) is 23.3 Å². The molecule has 0 aliphatic heterocycles. The third kappa shape index (κ3) is 4.90. The van der Waals surface area contributed by atoms with Gasteiger partial charge in [-0.1, -0.05) is 49.9 Å². The van der Waals surface area contributed by atoms with Crippen LogP contribution in [0.4, 0.5) is 0 Å². The van der Waals surface area contributed by atoms with E-state index in [0.29, 0.717) is 28.7 Å². The fourth-order valence-electron chi connectivity index (χ4n) is 3.15. The van der Waals surface area contributed by atoms with Gasteiger partial charge in [-0.2, -0.15) is 0 Å². The Bertz CT molecular complexity index is 1060. The number of benzene rings is 1. The Morgan fingerprint density at radius 2 is 1.90 bits per heavy atom. The zero-order valence-electron chi connectivity index (χ0n) is 17.6. The molecule has 2 aromatic heterocycles. The lowest BCUT2D eigenvalue weighted by atomic mass is 10.0. The van der Waals surface area contributed by atoms with Crippen molar-refractivity contribution >= 4 is 28.7 Å². The maximum Gasteiger partial charge on any atom is 0.278 e. The molecule has 0 saturated carbocycles. The smallest absolute Gasteiger partial charge is 0.278 e. The van der Waals surface area contributed by atoms with Gasteiger partial charge >= 0.3 is 0 Å². The van der Waals surface area contributed by atoms with E-state index in [4.69, 9.17) is 0 Å². The predicted molar refractivity (Wildman–Crippen MR) is 119 cm³/mol. The highest BCUT2D eigenvalue weighted by atomic mass is 32.2. The van der Waals surface area contributed by atoms with Crippen LogP contribution in [0.2, 0.25) is 0 Å².